The van der Waals surface area contributed by atoms with Gasteiger partial charge in [0, 0.05) is 18.5 Å². The minimum Gasteiger partial charge on any atom is -0.393 e. The molecule has 0 radical (unpaired) electrons. The van der Waals surface area contributed by atoms with Crippen molar-refractivity contribution in [3.8, 4) is 0 Å². The number of aliphatic hydroxyl groups is 1. The van der Waals surface area contributed by atoms with Crippen molar-refractivity contribution in [2.24, 2.45) is 5.92 Å². The first kappa shape index (κ1) is 19.5. The number of carbonyl (C=O) groups is 2. The summed E-state index contributed by atoms with van der Waals surface area (Å²) in [5.74, 6) is -0.148. The van der Waals surface area contributed by atoms with Gasteiger partial charge in [0.05, 0.1) is 18.6 Å². The van der Waals surface area contributed by atoms with Crippen LogP contribution in [0.2, 0.25) is 5.02 Å². The molecule has 0 aliphatic carbocycles. The summed E-state index contributed by atoms with van der Waals surface area (Å²) in [6, 6.07) is 6.66. The molecule has 1 rings (SSSR count). The van der Waals surface area contributed by atoms with Crippen LogP contribution in [0, 0.1) is 5.92 Å². The maximum Gasteiger partial charge on any atom is 0.222 e. The summed E-state index contributed by atoms with van der Waals surface area (Å²) < 4.78 is 0. The van der Waals surface area contributed by atoms with E-state index in [1.54, 1.807) is 31.2 Å². The highest BCUT2D eigenvalue weighted by Crippen LogP contribution is 2.19. The van der Waals surface area contributed by atoms with Crippen molar-refractivity contribution < 1.29 is 14.7 Å². The minimum absolute atomic E-state index is 0.142. The summed E-state index contributed by atoms with van der Waals surface area (Å²) in [4.78, 5) is 23.5. The topological polar surface area (TPSA) is 78.4 Å². The second-order valence-electron chi connectivity index (χ2n) is 6.00. The molecule has 128 valence electrons. The Hall–Kier alpha value is -1.59. The van der Waals surface area contributed by atoms with E-state index in [0.717, 1.165) is 5.56 Å². The van der Waals surface area contributed by atoms with Crippen LogP contribution in [-0.2, 0) is 9.59 Å². The van der Waals surface area contributed by atoms with Gasteiger partial charge >= 0.3 is 0 Å². The van der Waals surface area contributed by atoms with Gasteiger partial charge in [-0.3, -0.25) is 9.59 Å². The summed E-state index contributed by atoms with van der Waals surface area (Å²) in [7, 11) is 0. The van der Waals surface area contributed by atoms with Crippen molar-refractivity contribution in [1.82, 2.24) is 10.6 Å². The Morgan fingerprint density at radius 1 is 1.22 bits per heavy atom. The first-order valence-corrected chi connectivity index (χ1v) is 8.13. The van der Waals surface area contributed by atoms with Crippen LogP contribution in [0.25, 0.3) is 0 Å². The third kappa shape index (κ3) is 8.00. The van der Waals surface area contributed by atoms with Crippen LogP contribution in [0.5, 0.6) is 0 Å². The molecule has 0 fully saturated rings. The van der Waals surface area contributed by atoms with Gasteiger partial charge < -0.3 is 15.7 Å². The molecule has 5 nitrogen and oxygen atoms in total. The minimum atomic E-state index is -0.392. The fourth-order valence-electron chi connectivity index (χ4n) is 2.40. The first-order valence-electron chi connectivity index (χ1n) is 7.75. The summed E-state index contributed by atoms with van der Waals surface area (Å²) >= 11 is 5.87. The second-order valence-corrected chi connectivity index (χ2v) is 6.44. The zero-order valence-corrected chi connectivity index (χ0v) is 14.6. The van der Waals surface area contributed by atoms with E-state index >= 15 is 0 Å². The lowest BCUT2D eigenvalue weighted by atomic mass is 10.0. The Kier molecular flexibility index (Phi) is 8.06. The van der Waals surface area contributed by atoms with E-state index in [9.17, 15) is 14.7 Å². The van der Waals surface area contributed by atoms with Crippen LogP contribution in [0.15, 0.2) is 24.3 Å². The predicted molar refractivity (Wildman–Crippen MR) is 91.1 cm³/mol. The number of hydrogen-bond acceptors (Lipinski definition) is 3. The van der Waals surface area contributed by atoms with Crippen LogP contribution in [0.3, 0.4) is 0 Å². The molecule has 23 heavy (non-hydrogen) atoms. The molecule has 0 spiro atoms. The SMILES string of the molecule is CC(=O)NC(CC(=O)NCC(C)CC(C)O)c1ccc(Cl)cc1. The van der Waals surface area contributed by atoms with Crippen molar-refractivity contribution in [3.63, 3.8) is 0 Å². The van der Waals surface area contributed by atoms with E-state index in [2.05, 4.69) is 10.6 Å². The number of carbonyl (C=O) groups excluding carboxylic acids is 2. The third-order valence-corrected chi connectivity index (χ3v) is 3.68. The quantitative estimate of drug-likeness (QED) is 0.680. The van der Waals surface area contributed by atoms with Crippen LogP contribution in [0.1, 0.15) is 45.2 Å². The van der Waals surface area contributed by atoms with Gasteiger partial charge in [-0.25, -0.2) is 0 Å². The monoisotopic (exact) mass is 340 g/mol. The summed E-state index contributed by atoms with van der Waals surface area (Å²) in [5.41, 5.74) is 0.830. The first-order chi connectivity index (χ1) is 10.8. The van der Waals surface area contributed by atoms with E-state index in [-0.39, 0.29) is 30.3 Å². The fraction of sp³-hybridized carbons (Fsp3) is 0.529. The Bertz CT molecular complexity index is 517. The molecule has 0 aromatic heterocycles. The number of aliphatic hydroxyl groups excluding tert-OH is 1. The Morgan fingerprint density at radius 2 is 1.83 bits per heavy atom. The fourth-order valence-corrected chi connectivity index (χ4v) is 2.53. The zero-order chi connectivity index (χ0) is 17.4. The van der Waals surface area contributed by atoms with Gasteiger partial charge in [0.25, 0.3) is 0 Å². The molecule has 3 N–H and O–H groups in total. The summed E-state index contributed by atoms with van der Waals surface area (Å²) in [5, 5.41) is 15.6. The van der Waals surface area contributed by atoms with Crippen LogP contribution >= 0.6 is 11.6 Å². The Morgan fingerprint density at radius 3 is 2.35 bits per heavy atom. The number of rotatable bonds is 8. The van der Waals surface area contributed by atoms with E-state index in [0.29, 0.717) is 18.0 Å². The highest BCUT2D eigenvalue weighted by atomic mass is 35.5. The molecule has 6 heteroatoms. The lowest BCUT2D eigenvalue weighted by Gasteiger charge is -2.19. The normalized spacial score (nSPS) is 14.7. The molecular weight excluding hydrogens is 316 g/mol. The van der Waals surface area contributed by atoms with Crippen LogP contribution in [-0.4, -0.2) is 29.6 Å². The van der Waals surface area contributed by atoms with Gasteiger partial charge in [-0.2, -0.15) is 0 Å². The number of halogens is 1. The number of nitrogens with one attached hydrogen (secondary N) is 2. The van der Waals surface area contributed by atoms with Gasteiger partial charge in [0.15, 0.2) is 0 Å². The highest BCUT2D eigenvalue weighted by molar-refractivity contribution is 6.30. The Balaban J connectivity index is 2.61. The Labute approximate surface area is 142 Å². The van der Waals surface area contributed by atoms with Gasteiger partial charge in [-0.1, -0.05) is 30.7 Å². The van der Waals surface area contributed by atoms with Gasteiger partial charge in [0.2, 0.25) is 11.8 Å². The van der Waals surface area contributed by atoms with E-state index in [1.165, 1.54) is 6.92 Å². The maximum atomic E-state index is 12.1. The molecule has 0 aliphatic rings. The molecule has 2 amide bonds. The third-order valence-electron chi connectivity index (χ3n) is 3.43. The average Bonchev–Trinajstić information content (AvgIpc) is 2.44. The van der Waals surface area contributed by atoms with E-state index < -0.39 is 6.04 Å². The van der Waals surface area contributed by atoms with Gasteiger partial charge in [0.1, 0.15) is 0 Å². The molecule has 1 aromatic rings. The van der Waals surface area contributed by atoms with Crippen molar-refractivity contribution in [2.45, 2.75) is 45.8 Å². The smallest absolute Gasteiger partial charge is 0.222 e. The molecule has 1 aromatic carbocycles. The largest absolute Gasteiger partial charge is 0.393 e. The standard InChI is InChI=1S/C17H25ClN2O3/c1-11(8-12(2)21)10-19-17(23)9-16(20-13(3)22)14-4-6-15(18)7-5-14/h4-7,11-12,16,21H,8-10H2,1-3H3,(H,19,23)(H,20,22). The zero-order valence-electron chi connectivity index (χ0n) is 13.8. The van der Waals surface area contributed by atoms with Crippen molar-refractivity contribution >= 4 is 23.4 Å². The van der Waals surface area contributed by atoms with Crippen LogP contribution in [0.4, 0.5) is 0 Å². The maximum absolute atomic E-state index is 12.1. The van der Waals surface area contributed by atoms with E-state index in [4.69, 9.17) is 11.6 Å². The summed E-state index contributed by atoms with van der Waals surface area (Å²) in [6.45, 7) is 5.62. The number of amides is 2. The molecular formula is C17H25ClN2O3. The number of benzene rings is 1. The lowest BCUT2D eigenvalue weighted by molar-refractivity contribution is -0.123. The molecule has 0 saturated heterocycles. The van der Waals surface area contributed by atoms with Crippen molar-refractivity contribution in [2.75, 3.05) is 6.54 Å². The molecule has 0 aliphatic heterocycles. The van der Waals surface area contributed by atoms with Gasteiger partial charge in [-0.05, 0) is 37.0 Å². The van der Waals surface area contributed by atoms with Gasteiger partial charge in [-0.15, -0.1) is 0 Å². The van der Waals surface area contributed by atoms with Crippen molar-refractivity contribution in [1.29, 1.82) is 0 Å². The predicted octanol–water partition coefficient (Wildman–Crippen LogP) is 2.43. The lowest BCUT2D eigenvalue weighted by Crippen LogP contribution is -2.34. The van der Waals surface area contributed by atoms with E-state index in [1.807, 2.05) is 6.92 Å². The van der Waals surface area contributed by atoms with Crippen molar-refractivity contribution in [3.05, 3.63) is 34.9 Å². The molecule has 3 atom stereocenters. The second kappa shape index (κ2) is 9.53. The molecule has 0 bridgehead atoms. The molecule has 0 heterocycles. The van der Waals surface area contributed by atoms with Crippen LogP contribution < -0.4 is 10.6 Å². The molecule has 0 saturated carbocycles. The summed E-state index contributed by atoms with van der Waals surface area (Å²) in [6.07, 6.45) is 0.401. The molecule has 3 unspecified atom stereocenters. The number of hydrogen-bond donors (Lipinski definition) is 3. The highest BCUT2D eigenvalue weighted by Gasteiger charge is 2.17. The average molecular weight is 341 g/mol.